The highest BCUT2D eigenvalue weighted by Gasteiger charge is 2.32. The summed E-state index contributed by atoms with van der Waals surface area (Å²) in [5.74, 6) is -0.164. The van der Waals surface area contributed by atoms with Crippen molar-refractivity contribution in [1.29, 1.82) is 0 Å². The third-order valence-electron chi connectivity index (χ3n) is 6.04. The van der Waals surface area contributed by atoms with E-state index in [1.165, 1.54) is 0 Å². The number of rotatable bonds is 4. The maximum Gasteiger partial charge on any atom is 0.410 e. The van der Waals surface area contributed by atoms with Crippen molar-refractivity contribution in [3.05, 3.63) is 74.4 Å². The fraction of sp³-hybridized carbons (Fsp3) is 0.370. The minimum atomic E-state index is -0.537. The number of carbonyl (C=O) groups is 2. The quantitative estimate of drug-likeness (QED) is 0.340. The molecule has 1 N–H and O–H groups in total. The molecule has 3 aromatic rings. The molecule has 0 saturated carbocycles. The first-order chi connectivity index (χ1) is 17.0. The van der Waals surface area contributed by atoms with Crippen LogP contribution in [-0.2, 0) is 4.74 Å². The Bertz CT molecular complexity index is 1260. The number of hydrogen-bond donors (Lipinski definition) is 1. The van der Waals surface area contributed by atoms with Gasteiger partial charge < -0.3 is 15.0 Å². The molecule has 190 valence electrons. The molecule has 2 aromatic carbocycles. The number of ether oxygens (including phenoxy) is 1. The van der Waals surface area contributed by atoms with E-state index in [9.17, 15) is 9.59 Å². The molecule has 1 fully saturated rings. The fourth-order valence-electron chi connectivity index (χ4n) is 4.26. The highest BCUT2D eigenvalue weighted by atomic mass is 79.9. The average Bonchev–Trinajstić information content (AvgIpc) is 3.25. The second kappa shape index (κ2) is 10.8. The minimum absolute atomic E-state index is 0.0570. The molecule has 1 aromatic heterocycles. The topological polar surface area (TPSA) is 76.5 Å². The Morgan fingerprint density at radius 2 is 1.72 bits per heavy atom. The van der Waals surface area contributed by atoms with Crippen LogP contribution >= 0.6 is 31.9 Å². The van der Waals surface area contributed by atoms with E-state index in [0.29, 0.717) is 37.2 Å². The molecule has 0 spiro atoms. The van der Waals surface area contributed by atoms with E-state index in [-0.39, 0.29) is 17.9 Å². The highest BCUT2D eigenvalue weighted by Crippen LogP contribution is 2.34. The van der Waals surface area contributed by atoms with Gasteiger partial charge in [-0.05, 0) is 86.8 Å². The predicted octanol–water partition coefficient (Wildman–Crippen LogP) is 7.07. The van der Waals surface area contributed by atoms with E-state index in [1.807, 2.05) is 74.8 Å². The number of hydrogen-bond acceptors (Lipinski definition) is 4. The van der Waals surface area contributed by atoms with Crippen LogP contribution in [0.25, 0.3) is 5.69 Å². The lowest BCUT2D eigenvalue weighted by Crippen LogP contribution is -2.41. The van der Waals surface area contributed by atoms with Crippen molar-refractivity contribution < 1.29 is 14.3 Å². The van der Waals surface area contributed by atoms with Crippen LogP contribution in [0, 0.1) is 6.92 Å². The third-order valence-corrected chi connectivity index (χ3v) is 7.19. The molecule has 36 heavy (non-hydrogen) atoms. The highest BCUT2D eigenvalue weighted by molar-refractivity contribution is 9.11. The van der Waals surface area contributed by atoms with E-state index < -0.39 is 5.60 Å². The van der Waals surface area contributed by atoms with Crippen LogP contribution in [0.15, 0.2) is 57.6 Å². The van der Waals surface area contributed by atoms with Crippen LogP contribution in [-0.4, -0.2) is 45.4 Å². The number of piperidine rings is 1. The molecule has 9 heteroatoms. The maximum atomic E-state index is 13.5. The van der Waals surface area contributed by atoms with Gasteiger partial charge in [0.2, 0.25) is 0 Å². The van der Waals surface area contributed by atoms with Crippen molar-refractivity contribution in [2.75, 3.05) is 18.4 Å². The summed E-state index contributed by atoms with van der Waals surface area (Å²) in [6, 6.07) is 13.7. The molecule has 1 aliphatic heterocycles. The molecule has 1 saturated heterocycles. The summed E-state index contributed by atoms with van der Waals surface area (Å²) in [4.78, 5) is 27.8. The summed E-state index contributed by atoms with van der Waals surface area (Å²) in [5, 5.41) is 7.64. The second-order valence-electron chi connectivity index (χ2n) is 10.0. The molecule has 7 nitrogen and oxygen atoms in total. The van der Waals surface area contributed by atoms with E-state index >= 15 is 0 Å². The molecule has 2 amide bonds. The molecule has 1 aliphatic rings. The van der Waals surface area contributed by atoms with Crippen molar-refractivity contribution in [3.63, 3.8) is 0 Å². The standard InChI is InChI=1S/C27H30Br2N4O3/c1-17-5-8-20(9-6-17)33-24(18-11-13-32(14-12-18)26(35)36-27(2,3)4)21(16-30-33)25(34)31-23-10-7-19(28)15-22(23)29/h5-10,15-16,18H,11-14H2,1-4H3,(H,31,34). The van der Waals surface area contributed by atoms with Gasteiger partial charge in [-0.25, -0.2) is 9.48 Å². The Morgan fingerprint density at radius 3 is 2.33 bits per heavy atom. The molecule has 0 aliphatic carbocycles. The zero-order valence-electron chi connectivity index (χ0n) is 20.8. The van der Waals surface area contributed by atoms with Gasteiger partial charge in [0.05, 0.1) is 28.8 Å². The van der Waals surface area contributed by atoms with Gasteiger partial charge in [0.25, 0.3) is 5.91 Å². The maximum absolute atomic E-state index is 13.5. The van der Waals surface area contributed by atoms with Crippen LogP contribution in [0.1, 0.15) is 61.1 Å². The molecule has 0 atom stereocenters. The first-order valence-corrected chi connectivity index (χ1v) is 13.5. The van der Waals surface area contributed by atoms with Gasteiger partial charge in [-0.3, -0.25) is 4.79 Å². The summed E-state index contributed by atoms with van der Waals surface area (Å²) in [6.07, 6.45) is 2.75. The van der Waals surface area contributed by atoms with E-state index in [1.54, 1.807) is 11.1 Å². The molecule has 0 unspecified atom stereocenters. The Labute approximate surface area is 228 Å². The number of halogens is 2. The fourth-order valence-corrected chi connectivity index (χ4v) is 5.41. The SMILES string of the molecule is Cc1ccc(-n2ncc(C(=O)Nc3ccc(Br)cc3Br)c2C2CCN(C(=O)OC(C)(C)C)CC2)cc1. The molecule has 2 heterocycles. The largest absolute Gasteiger partial charge is 0.444 e. The summed E-state index contributed by atoms with van der Waals surface area (Å²) in [6.45, 7) is 8.75. The number of likely N-dealkylation sites (tertiary alicyclic amines) is 1. The summed E-state index contributed by atoms with van der Waals surface area (Å²) in [5.41, 5.74) is 3.57. The monoisotopic (exact) mass is 616 g/mol. The van der Waals surface area contributed by atoms with Crippen LogP contribution in [0.3, 0.4) is 0 Å². The van der Waals surface area contributed by atoms with Crippen LogP contribution in [0.5, 0.6) is 0 Å². The molecule has 0 bridgehead atoms. The Morgan fingerprint density at radius 1 is 1.06 bits per heavy atom. The summed E-state index contributed by atoms with van der Waals surface area (Å²) in [7, 11) is 0. The van der Waals surface area contributed by atoms with Gasteiger partial charge >= 0.3 is 6.09 Å². The van der Waals surface area contributed by atoms with Crippen molar-refractivity contribution in [1.82, 2.24) is 14.7 Å². The summed E-state index contributed by atoms with van der Waals surface area (Å²) < 4.78 is 9.11. The number of nitrogens with one attached hydrogen (secondary N) is 1. The van der Waals surface area contributed by atoms with E-state index in [0.717, 1.165) is 25.9 Å². The number of nitrogens with zero attached hydrogens (tertiary/aromatic N) is 3. The zero-order chi connectivity index (χ0) is 26.0. The predicted molar refractivity (Wildman–Crippen MR) is 148 cm³/mol. The van der Waals surface area contributed by atoms with E-state index in [2.05, 4.69) is 42.3 Å². The number of anilines is 1. The number of carbonyl (C=O) groups excluding carboxylic acids is 2. The van der Waals surface area contributed by atoms with Gasteiger partial charge in [0.1, 0.15) is 5.60 Å². The summed E-state index contributed by atoms with van der Waals surface area (Å²) >= 11 is 6.96. The Hall–Kier alpha value is -2.65. The average molecular weight is 618 g/mol. The van der Waals surface area contributed by atoms with E-state index in [4.69, 9.17) is 4.74 Å². The van der Waals surface area contributed by atoms with Crippen molar-refractivity contribution in [2.24, 2.45) is 0 Å². The van der Waals surface area contributed by atoms with Gasteiger partial charge in [-0.1, -0.05) is 33.6 Å². The number of aromatic nitrogens is 2. The van der Waals surface area contributed by atoms with Crippen LogP contribution in [0.2, 0.25) is 0 Å². The lowest BCUT2D eigenvalue weighted by atomic mass is 9.90. The molecule has 0 radical (unpaired) electrons. The number of aryl methyl sites for hydroxylation is 1. The first kappa shape index (κ1) is 26.4. The zero-order valence-corrected chi connectivity index (χ0v) is 24.0. The smallest absolute Gasteiger partial charge is 0.410 e. The van der Waals surface area contributed by atoms with Crippen molar-refractivity contribution in [3.8, 4) is 5.69 Å². The van der Waals surface area contributed by atoms with Gasteiger partial charge in [0.15, 0.2) is 0 Å². The lowest BCUT2D eigenvalue weighted by Gasteiger charge is -2.34. The Balaban J connectivity index is 1.62. The normalized spacial score (nSPS) is 14.6. The second-order valence-corrected chi connectivity index (χ2v) is 11.8. The molecular weight excluding hydrogens is 588 g/mol. The molecular formula is C27H30Br2N4O3. The van der Waals surface area contributed by atoms with Crippen LogP contribution < -0.4 is 5.32 Å². The van der Waals surface area contributed by atoms with Gasteiger partial charge in [-0.2, -0.15) is 5.10 Å². The van der Waals surface area contributed by atoms with Crippen molar-refractivity contribution in [2.45, 2.75) is 52.1 Å². The molecule has 4 rings (SSSR count). The lowest BCUT2D eigenvalue weighted by molar-refractivity contribution is 0.0203. The minimum Gasteiger partial charge on any atom is -0.444 e. The van der Waals surface area contributed by atoms with Gasteiger partial charge in [0, 0.05) is 28.0 Å². The first-order valence-electron chi connectivity index (χ1n) is 11.9. The number of amides is 2. The third kappa shape index (κ3) is 6.18. The number of benzene rings is 2. The van der Waals surface area contributed by atoms with Crippen molar-refractivity contribution >= 4 is 49.5 Å². The Kier molecular flexibility index (Phi) is 7.90. The van der Waals surface area contributed by atoms with Gasteiger partial charge in [-0.15, -0.1) is 0 Å². The van der Waals surface area contributed by atoms with Crippen LogP contribution in [0.4, 0.5) is 10.5 Å².